The second kappa shape index (κ2) is 14.2. The number of rotatable bonds is 12. The van der Waals surface area contributed by atoms with E-state index in [4.69, 9.17) is 36.0 Å². The first-order chi connectivity index (χ1) is 14.0. The summed E-state index contributed by atoms with van der Waals surface area (Å²) >= 11 is 10.2. The Kier molecular flexibility index (Phi) is 12.3. The largest absolute Gasteiger partial charge is 0.404 e. The van der Waals surface area contributed by atoms with E-state index in [2.05, 4.69) is 31.3 Å². The molecule has 0 aromatic heterocycles. The maximum atomic E-state index is 8.26. The minimum atomic E-state index is -0.0634. The zero-order valence-electron chi connectivity index (χ0n) is 17.9. The molecule has 1 unspecified atom stereocenters. The fourth-order valence-electron chi connectivity index (χ4n) is 3.12. The van der Waals surface area contributed by atoms with Crippen molar-refractivity contribution in [2.24, 2.45) is 11.7 Å². The van der Waals surface area contributed by atoms with Crippen molar-refractivity contribution in [3.63, 3.8) is 0 Å². The number of aryl methyl sites for hydroxylation is 1. The van der Waals surface area contributed by atoms with Gasteiger partial charge in [-0.05, 0) is 54.5 Å². The molecule has 0 spiro atoms. The monoisotopic (exact) mass is 429 g/mol. The summed E-state index contributed by atoms with van der Waals surface area (Å²) in [5.74, 6) is -0.0634. The fraction of sp³-hybridized carbons (Fsp3) is 0.417. The van der Waals surface area contributed by atoms with Gasteiger partial charge in [-0.2, -0.15) is 0 Å². The van der Waals surface area contributed by atoms with Crippen molar-refractivity contribution in [3.05, 3.63) is 64.7 Å². The molecule has 0 amide bonds. The molecular weight excluding hydrogens is 394 g/mol. The van der Waals surface area contributed by atoms with Crippen LogP contribution in [0.3, 0.4) is 0 Å². The van der Waals surface area contributed by atoms with Gasteiger partial charge < -0.3 is 16.5 Å². The number of unbranched alkanes of at least 4 members (excludes halogenated alkanes) is 3. The third-order valence-corrected chi connectivity index (χ3v) is 5.70. The van der Waals surface area contributed by atoms with Gasteiger partial charge >= 0.3 is 0 Å². The minimum Gasteiger partial charge on any atom is -0.404 e. The third kappa shape index (κ3) is 8.58. The number of hydrogen-bond donors (Lipinski definition) is 4. The van der Waals surface area contributed by atoms with Crippen LogP contribution in [0.5, 0.6) is 0 Å². The summed E-state index contributed by atoms with van der Waals surface area (Å²) in [6, 6.07) is 8.19. The summed E-state index contributed by atoms with van der Waals surface area (Å²) in [5, 5.41) is 11.5. The summed E-state index contributed by atoms with van der Waals surface area (Å²) in [6.07, 6.45) is 12.8. The average Bonchev–Trinajstić information content (AvgIpc) is 2.72. The SMILES string of the molecule is C/C=C\C=C(/S)C(CNC(=S)C(=N)CCCCCC)/C(=C/N)c1ccccc1C. The Hall–Kier alpha value is -1.85. The molecule has 0 heterocycles. The van der Waals surface area contributed by atoms with Crippen LogP contribution in [0.15, 0.2) is 53.6 Å². The Morgan fingerprint density at radius 2 is 2.00 bits per heavy atom. The molecule has 29 heavy (non-hydrogen) atoms. The molecule has 0 aliphatic heterocycles. The van der Waals surface area contributed by atoms with Crippen molar-refractivity contribution < 1.29 is 0 Å². The van der Waals surface area contributed by atoms with Crippen LogP contribution in [0, 0.1) is 18.3 Å². The van der Waals surface area contributed by atoms with E-state index in [1.54, 1.807) is 6.20 Å². The van der Waals surface area contributed by atoms with Crippen LogP contribution in [0.25, 0.3) is 5.57 Å². The molecule has 0 aliphatic carbocycles. The lowest BCUT2D eigenvalue weighted by atomic mass is 9.89. The van der Waals surface area contributed by atoms with Crippen LogP contribution in [0.1, 0.15) is 57.1 Å². The summed E-state index contributed by atoms with van der Waals surface area (Å²) in [4.78, 5) is 1.41. The first-order valence-corrected chi connectivity index (χ1v) is 11.2. The lowest BCUT2D eigenvalue weighted by Crippen LogP contribution is -2.33. The Morgan fingerprint density at radius 3 is 2.62 bits per heavy atom. The minimum absolute atomic E-state index is 0.0634. The predicted octanol–water partition coefficient (Wildman–Crippen LogP) is 6.21. The molecule has 1 aromatic carbocycles. The van der Waals surface area contributed by atoms with E-state index >= 15 is 0 Å². The first-order valence-electron chi connectivity index (χ1n) is 10.3. The molecule has 5 heteroatoms. The number of benzene rings is 1. The number of thiol groups is 1. The van der Waals surface area contributed by atoms with Gasteiger partial charge in [-0.15, -0.1) is 12.6 Å². The van der Waals surface area contributed by atoms with Crippen LogP contribution < -0.4 is 11.1 Å². The Morgan fingerprint density at radius 1 is 1.28 bits per heavy atom. The maximum Gasteiger partial charge on any atom is 0.120 e. The summed E-state index contributed by atoms with van der Waals surface area (Å²) in [6.45, 7) is 6.78. The Labute approximate surface area is 187 Å². The Balaban J connectivity index is 2.95. The van der Waals surface area contributed by atoms with E-state index in [9.17, 15) is 0 Å². The summed E-state index contributed by atoms with van der Waals surface area (Å²) in [5.41, 5.74) is 9.82. The van der Waals surface area contributed by atoms with E-state index in [0.29, 0.717) is 17.2 Å². The number of nitrogens with two attached hydrogens (primary N) is 1. The van der Waals surface area contributed by atoms with Crippen LogP contribution >= 0.6 is 24.8 Å². The molecular formula is C24H35N3S2. The molecule has 0 bridgehead atoms. The second-order valence-corrected chi connectivity index (χ2v) is 8.03. The fourth-order valence-corrected chi connectivity index (χ4v) is 3.62. The highest BCUT2D eigenvalue weighted by molar-refractivity contribution is 7.84. The van der Waals surface area contributed by atoms with E-state index in [-0.39, 0.29) is 5.92 Å². The van der Waals surface area contributed by atoms with Crippen molar-refractivity contribution in [3.8, 4) is 0 Å². The third-order valence-electron chi connectivity index (χ3n) is 4.85. The van der Waals surface area contributed by atoms with Crippen LogP contribution in [0.2, 0.25) is 0 Å². The second-order valence-electron chi connectivity index (χ2n) is 7.11. The van der Waals surface area contributed by atoms with Crippen molar-refractivity contribution in [1.82, 2.24) is 5.32 Å². The van der Waals surface area contributed by atoms with Crippen molar-refractivity contribution in [1.29, 1.82) is 5.41 Å². The quantitative estimate of drug-likeness (QED) is 0.105. The molecule has 1 rings (SSSR count). The molecule has 0 fully saturated rings. The van der Waals surface area contributed by atoms with Gasteiger partial charge in [-0.3, -0.25) is 0 Å². The molecule has 4 N–H and O–H groups in total. The van der Waals surface area contributed by atoms with Crippen LogP contribution in [-0.2, 0) is 0 Å². The Bertz CT molecular complexity index is 763. The van der Waals surface area contributed by atoms with Crippen molar-refractivity contribution in [2.45, 2.75) is 52.9 Å². The zero-order chi connectivity index (χ0) is 21.6. The van der Waals surface area contributed by atoms with Gasteiger partial charge in [0.1, 0.15) is 4.99 Å². The van der Waals surface area contributed by atoms with Gasteiger partial charge in [-0.1, -0.05) is 80.9 Å². The smallest absolute Gasteiger partial charge is 0.120 e. The van der Waals surface area contributed by atoms with Crippen molar-refractivity contribution >= 4 is 41.1 Å². The van der Waals surface area contributed by atoms with Gasteiger partial charge in [0.15, 0.2) is 0 Å². The molecule has 0 radical (unpaired) electrons. The van der Waals surface area contributed by atoms with Gasteiger partial charge in [-0.25, -0.2) is 0 Å². The summed E-state index contributed by atoms with van der Waals surface area (Å²) < 4.78 is 0. The average molecular weight is 430 g/mol. The van der Waals surface area contributed by atoms with Crippen LogP contribution in [-0.4, -0.2) is 17.2 Å². The van der Waals surface area contributed by atoms with Gasteiger partial charge in [0.25, 0.3) is 0 Å². The van der Waals surface area contributed by atoms with E-state index < -0.39 is 0 Å². The highest BCUT2D eigenvalue weighted by atomic mass is 32.1. The number of allylic oxidation sites excluding steroid dienone is 3. The summed E-state index contributed by atoms with van der Waals surface area (Å²) in [7, 11) is 0. The van der Waals surface area contributed by atoms with E-state index in [1.807, 2.05) is 37.3 Å². The lowest BCUT2D eigenvalue weighted by Gasteiger charge is -2.23. The molecule has 1 atom stereocenters. The van der Waals surface area contributed by atoms with Gasteiger partial charge in [0.05, 0.1) is 5.71 Å². The number of thiocarbonyl (C=S) groups is 1. The highest BCUT2D eigenvalue weighted by Gasteiger charge is 2.20. The van der Waals surface area contributed by atoms with E-state index in [1.165, 1.54) is 12.8 Å². The predicted molar refractivity (Wildman–Crippen MR) is 136 cm³/mol. The number of nitrogens with one attached hydrogen (secondary N) is 2. The highest BCUT2D eigenvalue weighted by Crippen LogP contribution is 2.32. The molecule has 0 aliphatic rings. The molecule has 158 valence electrons. The first kappa shape index (κ1) is 25.2. The van der Waals surface area contributed by atoms with E-state index in [0.717, 1.165) is 40.9 Å². The maximum absolute atomic E-state index is 8.26. The molecule has 0 saturated carbocycles. The normalized spacial score (nSPS) is 13.5. The van der Waals surface area contributed by atoms with Gasteiger partial charge in [0.2, 0.25) is 0 Å². The van der Waals surface area contributed by atoms with Gasteiger partial charge in [0, 0.05) is 12.5 Å². The molecule has 0 saturated heterocycles. The van der Waals surface area contributed by atoms with Crippen LogP contribution in [0.4, 0.5) is 0 Å². The standard InChI is InChI=1S/C24H35N3S2/c1-4-6-8-9-14-22(26)24(29)27-17-21(23(28)15-7-5-2)20(16-25)19-13-11-10-12-18(19)3/h5,7,10-13,15-16,21,26,28H,4,6,8-9,14,17,25H2,1-3H3,(H,27,29)/b7-5-,20-16+,23-15-,26-22?. The molecule has 1 aromatic rings. The number of hydrogen-bond acceptors (Lipinski definition) is 4. The zero-order valence-corrected chi connectivity index (χ0v) is 19.6. The lowest BCUT2D eigenvalue weighted by molar-refractivity contribution is 0.682. The topological polar surface area (TPSA) is 61.9 Å². The van der Waals surface area contributed by atoms with Crippen molar-refractivity contribution in [2.75, 3.05) is 6.54 Å². The molecule has 3 nitrogen and oxygen atoms in total.